The summed E-state index contributed by atoms with van der Waals surface area (Å²) in [6, 6.07) is 8.03. The predicted octanol–water partition coefficient (Wildman–Crippen LogP) is 1.50. The fraction of sp³-hybridized carbons (Fsp3) is 0.500. The molecule has 1 aliphatic rings. The van der Waals surface area contributed by atoms with Crippen molar-refractivity contribution in [3.63, 3.8) is 0 Å². The maximum Gasteiger partial charge on any atom is 0.257 e. The first-order valence-corrected chi connectivity index (χ1v) is 6.37. The highest BCUT2D eigenvalue weighted by molar-refractivity contribution is 5.98. The molecule has 1 saturated heterocycles. The standard InChI is InChI=1S/C14H20N2O2/c1-10(2)11-5-3-4-6-12(11)16-7-8-18-13(9-15)14(16)17/h3-6,10,13H,7-9,15H2,1-2H3. The van der Waals surface area contributed by atoms with Crippen molar-refractivity contribution in [3.8, 4) is 0 Å². The molecule has 0 saturated carbocycles. The van der Waals surface area contributed by atoms with E-state index >= 15 is 0 Å². The molecule has 0 aromatic heterocycles. The predicted molar refractivity (Wildman–Crippen MR) is 71.7 cm³/mol. The Kier molecular flexibility index (Phi) is 3.99. The lowest BCUT2D eigenvalue weighted by atomic mass is 10.00. The molecule has 1 aliphatic heterocycles. The van der Waals surface area contributed by atoms with Crippen LogP contribution in [0, 0.1) is 0 Å². The SMILES string of the molecule is CC(C)c1ccccc1N1CCOC(CN)C1=O. The summed E-state index contributed by atoms with van der Waals surface area (Å²) in [5, 5.41) is 0. The van der Waals surface area contributed by atoms with Gasteiger partial charge in [-0.05, 0) is 17.5 Å². The van der Waals surface area contributed by atoms with Crippen molar-refractivity contribution in [2.75, 3.05) is 24.6 Å². The highest BCUT2D eigenvalue weighted by atomic mass is 16.5. The normalized spacial score (nSPS) is 20.6. The molecular weight excluding hydrogens is 228 g/mol. The maximum atomic E-state index is 12.3. The number of morpholine rings is 1. The summed E-state index contributed by atoms with van der Waals surface area (Å²) in [6.45, 7) is 5.63. The number of benzene rings is 1. The molecular formula is C14H20N2O2. The lowest BCUT2D eigenvalue weighted by Crippen LogP contribution is -2.51. The van der Waals surface area contributed by atoms with Crippen molar-refractivity contribution < 1.29 is 9.53 Å². The first-order chi connectivity index (χ1) is 8.65. The molecule has 1 aromatic carbocycles. The minimum absolute atomic E-state index is 0.0307. The largest absolute Gasteiger partial charge is 0.365 e. The van der Waals surface area contributed by atoms with E-state index in [4.69, 9.17) is 10.5 Å². The second-order valence-electron chi connectivity index (χ2n) is 4.80. The van der Waals surface area contributed by atoms with Gasteiger partial charge >= 0.3 is 0 Å². The van der Waals surface area contributed by atoms with Gasteiger partial charge in [0.25, 0.3) is 5.91 Å². The topological polar surface area (TPSA) is 55.6 Å². The Morgan fingerprint density at radius 1 is 1.44 bits per heavy atom. The highest BCUT2D eigenvalue weighted by Gasteiger charge is 2.30. The maximum absolute atomic E-state index is 12.3. The second-order valence-corrected chi connectivity index (χ2v) is 4.80. The van der Waals surface area contributed by atoms with Crippen LogP contribution in [0.1, 0.15) is 25.3 Å². The summed E-state index contributed by atoms with van der Waals surface area (Å²) in [7, 11) is 0. The summed E-state index contributed by atoms with van der Waals surface area (Å²) in [4.78, 5) is 14.1. The number of hydrogen-bond donors (Lipinski definition) is 1. The van der Waals surface area contributed by atoms with E-state index in [1.807, 2.05) is 18.2 Å². The minimum atomic E-state index is -0.501. The molecule has 0 bridgehead atoms. The van der Waals surface area contributed by atoms with Gasteiger partial charge < -0.3 is 15.4 Å². The van der Waals surface area contributed by atoms with Crippen LogP contribution in [0.2, 0.25) is 0 Å². The second kappa shape index (κ2) is 5.50. The van der Waals surface area contributed by atoms with Gasteiger partial charge in [0.05, 0.1) is 6.61 Å². The third-order valence-electron chi connectivity index (χ3n) is 3.24. The monoisotopic (exact) mass is 248 g/mol. The molecule has 1 unspecified atom stereocenters. The lowest BCUT2D eigenvalue weighted by molar-refractivity contribution is -0.133. The number of anilines is 1. The Labute approximate surface area is 108 Å². The third-order valence-corrected chi connectivity index (χ3v) is 3.24. The van der Waals surface area contributed by atoms with E-state index in [0.29, 0.717) is 19.1 Å². The smallest absolute Gasteiger partial charge is 0.257 e. The number of hydrogen-bond acceptors (Lipinski definition) is 3. The summed E-state index contributed by atoms with van der Waals surface area (Å²) in [6.07, 6.45) is -0.501. The molecule has 0 aliphatic carbocycles. The molecule has 1 heterocycles. The molecule has 2 rings (SSSR count). The van der Waals surface area contributed by atoms with Crippen LogP contribution in [0.5, 0.6) is 0 Å². The molecule has 4 nitrogen and oxygen atoms in total. The Morgan fingerprint density at radius 2 is 2.17 bits per heavy atom. The van der Waals surface area contributed by atoms with Gasteiger partial charge in [0.1, 0.15) is 6.10 Å². The molecule has 4 heteroatoms. The number of ether oxygens (including phenoxy) is 1. The van der Waals surface area contributed by atoms with E-state index in [1.54, 1.807) is 4.90 Å². The zero-order chi connectivity index (χ0) is 13.1. The molecule has 98 valence electrons. The quantitative estimate of drug-likeness (QED) is 0.882. The van der Waals surface area contributed by atoms with E-state index in [1.165, 1.54) is 5.56 Å². The van der Waals surface area contributed by atoms with Crippen LogP contribution in [0.4, 0.5) is 5.69 Å². The summed E-state index contributed by atoms with van der Waals surface area (Å²) in [5.41, 5.74) is 7.73. The fourth-order valence-corrected chi connectivity index (χ4v) is 2.27. The van der Waals surface area contributed by atoms with E-state index in [9.17, 15) is 4.79 Å². The Balaban J connectivity index is 2.33. The van der Waals surface area contributed by atoms with Crippen LogP contribution in [0.3, 0.4) is 0 Å². The summed E-state index contributed by atoms with van der Waals surface area (Å²) >= 11 is 0. The lowest BCUT2D eigenvalue weighted by Gasteiger charge is -2.33. The number of para-hydroxylation sites is 1. The average Bonchev–Trinajstić information content (AvgIpc) is 2.39. The van der Waals surface area contributed by atoms with E-state index in [-0.39, 0.29) is 12.5 Å². The molecule has 1 fully saturated rings. The van der Waals surface area contributed by atoms with Gasteiger partial charge in [0, 0.05) is 18.8 Å². The molecule has 2 N–H and O–H groups in total. The van der Waals surface area contributed by atoms with Gasteiger partial charge in [0.15, 0.2) is 0 Å². The number of nitrogens with zero attached hydrogens (tertiary/aromatic N) is 1. The average molecular weight is 248 g/mol. The molecule has 0 spiro atoms. The van der Waals surface area contributed by atoms with Gasteiger partial charge in [-0.25, -0.2) is 0 Å². The number of amides is 1. The highest BCUT2D eigenvalue weighted by Crippen LogP contribution is 2.28. The zero-order valence-electron chi connectivity index (χ0n) is 10.9. The van der Waals surface area contributed by atoms with Gasteiger partial charge in [-0.1, -0.05) is 32.0 Å². The van der Waals surface area contributed by atoms with Gasteiger partial charge in [-0.15, -0.1) is 0 Å². The van der Waals surface area contributed by atoms with Crippen molar-refractivity contribution in [2.24, 2.45) is 5.73 Å². The van der Waals surface area contributed by atoms with E-state index in [2.05, 4.69) is 19.9 Å². The minimum Gasteiger partial charge on any atom is -0.365 e. The fourth-order valence-electron chi connectivity index (χ4n) is 2.27. The van der Waals surface area contributed by atoms with Crippen molar-refractivity contribution in [2.45, 2.75) is 25.9 Å². The molecule has 1 atom stereocenters. The Hall–Kier alpha value is -1.39. The van der Waals surface area contributed by atoms with Crippen LogP contribution in [-0.2, 0) is 9.53 Å². The molecule has 1 aromatic rings. The van der Waals surface area contributed by atoms with E-state index in [0.717, 1.165) is 5.69 Å². The van der Waals surface area contributed by atoms with Crippen LogP contribution >= 0.6 is 0 Å². The molecule has 0 radical (unpaired) electrons. The van der Waals surface area contributed by atoms with E-state index < -0.39 is 6.10 Å². The number of carbonyl (C=O) groups is 1. The van der Waals surface area contributed by atoms with Gasteiger partial charge in [0.2, 0.25) is 0 Å². The van der Waals surface area contributed by atoms with Crippen LogP contribution in [0.15, 0.2) is 24.3 Å². The third kappa shape index (κ3) is 2.40. The van der Waals surface area contributed by atoms with Crippen molar-refractivity contribution in [1.29, 1.82) is 0 Å². The summed E-state index contributed by atoms with van der Waals surface area (Å²) < 4.78 is 5.38. The number of rotatable bonds is 3. The van der Waals surface area contributed by atoms with Crippen LogP contribution in [-0.4, -0.2) is 31.7 Å². The van der Waals surface area contributed by atoms with Gasteiger partial charge in [-0.3, -0.25) is 4.79 Å². The van der Waals surface area contributed by atoms with Crippen molar-refractivity contribution in [3.05, 3.63) is 29.8 Å². The van der Waals surface area contributed by atoms with Crippen molar-refractivity contribution in [1.82, 2.24) is 0 Å². The van der Waals surface area contributed by atoms with Crippen molar-refractivity contribution >= 4 is 11.6 Å². The Bertz CT molecular complexity index is 432. The zero-order valence-corrected chi connectivity index (χ0v) is 10.9. The van der Waals surface area contributed by atoms with Crippen LogP contribution in [0.25, 0.3) is 0 Å². The Morgan fingerprint density at radius 3 is 2.83 bits per heavy atom. The molecule has 1 amide bonds. The van der Waals surface area contributed by atoms with Gasteiger partial charge in [-0.2, -0.15) is 0 Å². The number of nitrogens with two attached hydrogens (primary N) is 1. The van der Waals surface area contributed by atoms with Crippen LogP contribution < -0.4 is 10.6 Å². The molecule has 18 heavy (non-hydrogen) atoms. The first-order valence-electron chi connectivity index (χ1n) is 6.37. The number of carbonyl (C=O) groups excluding carboxylic acids is 1. The summed E-state index contributed by atoms with van der Waals surface area (Å²) in [5.74, 6) is 0.352. The first kappa shape index (κ1) is 13.1.